The van der Waals surface area contributed by atoms with Gasteiger partial charge in [-0.1, -0.05) is 6.07 Å². The Labute approximate surface area is 96.8 Å². The lowest BCUT2D eigenvalue weighted by Gasteiger charge is -2.13. The molecule has 1 aromatic rings. The van der Waals surface area contributed by atoms with Crippen LogP contribution in [0.15, 0.2) is 18.2 Å². The summed E-state index contributed by atoms with van der Waals surface area (Å²) < 4.78 is 38.5. The van der Waals surface area contributed by atoms with E-state index >= 15 is 0 Å². The predicted octanol–water partition coefficient (Wildman–Crippen LogP) is 2.94. The van der Waals surface area contributed by atoms with Gasteiger partial charge in [-0.2, -0.15) is 13.2 Å². The average molecular weight is 243 g/mol. The van der Waals surface area contributed by atoms with E-state index in [0.29, 0.717) is 5.56 Å². The van der Waals surface area contributed by atoms with Crippen molar-refractivity contribution in [1.82, 2.24) is 5.32 Å². The van der Waals surface area contributed by atoms with Crippen LogP contribution in [0.25, 0.3) is 0 Å². The maximum atomic E-state index is 12.8. The molecule has 2 nitrogen and oxygen atoms in total. The van der Waals surface area contributed by atoms with Gasteiger partial charge in [-0.15, -0.1) is 0 Å². The highest BCUT2D eigenvalue weighted by Crippen LogP contribution is 2.42. The van der Waals surface area contributed by atoms with E-state index < -0.39 is 17.6 Å². The standard InChI is InChI=1S/C12H12F3NO/c1-16-11(17)9-5-4-8(7-2-3-7)6-10(9)12(13,14)15/h4-7H,2-3H2,1H3,(H,16,17). The first-order valence-corrected chi connectivity index (χ1v) is 5.36. The lowest BCUT2D eigenvalue weighted by Crippen LogP contribution is -2.22. The maximum absolute atomic E-state index is 12.8. The van der Waals surface area contributed by atoms with Crippen LogP contribution in [0.5, 0.6) is 0 Å². The lowest BCUT2D eigenvalue weighted by atomic mass is 10.0. The molecule has 0 unspecified atom stereocenters. The maximum Gasteiger partial charge on any atom is 0.417 e. The summed E-state index contributed by atoms with van der Waals surface area (Å²) in [6.45, 7) is 0. The van der Waals surface area contributed by atoms with Crippen LogP contribution in [-0.4, -0.2) is 13.0 Å². The predicted molar refractivity (Wildman–Crippen MR) is 56.8 cm³/mol. The van der Waals surface area contributed by atoms with E-state index in [-0.39, 0.29) is 11.5 Å². The monoisotopic (exact) mass is 243 g/mol. The van der Waals surface area contributed by atoms with Gasteiger partial charge in [-0.05, 0) is 36.5 Å². The second kappa shape index (κ2) is 4.05. The molecule has 0 radical (unpaired) electrons. The number of amides is 1. The van der Waals surface area contributed by atoms with Gasteiger partial charge in [-0.25, -0.2) is 0 Å². The SMILES string of the molecule is CNC(=O)c1ccc(C2CC2)cc1C(F)(F)F. The molecule has 0 bridgehead atoms. The van der Waals surface area contributed by atoms with Gasteiger partial charge in [0.25, 0.3) is 5.91 Å². The molecule has 0 aliphatic heterocycles. The molecule has 1 aromatic carbocycles. The highest BCUT2D eigenvalue weighted by molar-refractivity contribution is 5.95. The Morgan fingerprint density at radius 3 is 2.47 bits per heavy atom. The number of benzene rings is 1. The first-order valence-electron chi connectivity index (χ1n) is 5.36. The third-order valence-electron chi connectivity index (χ3n) is 2.87. The van der Waals surface area contributed by atoms with Crippen molar-refractivity contribution in [1.29, 1.82) is 0 Å². The van der Waals surface area contributed by atoms with Gasteiger partial charge in [0, 0.05) is 7.05 Å². The Kier molecular flexibility index (Phi) is 2.85. The van der Waals surface area contributed by atoms with Gasteiger partial charge in [0.2, 0.25) is 0 Å². The molecule has 0 atom stereocenters. The van der Waals surface area contributed by atoms with E-state index in [2.05, 4.69) is 5.32 Å². The summed E-state index contributed by atoms with van der Waals surface area (Å²) in [5, 5.41) is 2.22. The van der Waals surface area contributed by atoms with Crippen LogP contribution in [0.4, 0.5) is 13.2 Å². The van der Waals surface area contributed by atoms with Crippen molar-refractivity contribution in [3.63, 3.8) is 0 Å². The molecule has 92 valence electrons. The second-order valence-electron chi connectivity index (χ2n) is 4.16. The average Bonchev–Trinajstić information content (AvgIpc) is 3.10. The molecule has 1 N–H and O–H groups in total. The number of alkyl halides is 3. The van der Waals surface area contributed by atoms with Gasteiger partial charge < -0.3 is 5.32 Å². The van der Waals surface area contributed by atoms with Crippen molar-refractivity contribution in [2.75, 3.05) is 7.05 Å². The molecule has 0 aromatic heterocycles. The Bertz CT molecular complexity index is 450. The fraction of sp³-hybridized carbons (Fsp3) is 0.417. The van der Waals surface area contributed by atoms with Crippen LogP contribution in [0.1, 0.15) is 40.2 Å². The number of carbonyl (C=O) groups excluding carboxylic acids is 1. The summed E-state index contributed by atoms with van der Waals surface area (Å²) in [5.41, 5.74) is -0.490. The molecule has 5 heteroatoms. The largest absolute Gasteiger partial charge is 0.417 e. The molecular formula is C12H12F3NO. The van der Waals surface area contributed by atoms with Gasteiger partial charge in [-0.3, -0.25) is 4.79 Å². The lowest BCUT2D eigenvalue weighted by molar-refractivity contribution is -0.138. The summed E-state index contributed by atoms with van der Waals surface area (Å²) in [7, 11) is 1.32. The molecule has 0 saturated heterocycles. The van der Waals surface area contributed by atoms with Crippen LogP contribution in [0.2, 0.25) is 0 Å². The minimum Gasteiger partial charge on any atom is -0.355 e. The van der Waals surface area contributed by atoms with E-state index in [1.54, 1.807) is 6.07 Å². The Morgan fingerprint density at radius 2 is 2.00 bits per heavy atom. The van der Waals surface area contributed by atoms with E-state index in [1.165, 1.54) is 13.1 Å². The van der Waals surface area contributed by atoms with Gasteiger partial charge in [0.1, 0.15) is 0 Å². The molecular weight excluding hydrogens is 231 g/mol. The highest BCUT2D eigenvalue weighted by atomic mass is 19.4. The summed E-state index contributed by atoms with van der Waals surface area (Å²) in [4.78, 5) is 11.4. The third-order valence-corrected chi connectivity index (χ3v) is 2.87. The minimum absolute atomic E-state index is 0.231. The first kappa shape index (κ1) is 12.0. The van der Waals surface area contributed by atoms with Crippen LogP contribution in [0.3, 0.4) is 0 Å². The van der Waals surface area contributed by atoms with Crippen molar-refractivity contribution in [2.45, 2.75) is 24.9 Å². The normalized spacial score (nSPS) is 15.8. The number of hydrogen-bond acceptors (Lipinski definition) is 1. The Hall–Kier alpha value is -1.52. The summed E-state index contributed by atoms with van der Waals surface area (Å²) in [6.07, 6.45) is -2.64. The topological polar surface area (TPSA) is 29.1 Å². The summed E-state index contributed by atoms with van der Waals surface area (Å²) in [6, 6.07) is 3.97. The van der Waals surface area contributed by atoms with Crippen molar-refractivity contribution >= 4 is 5.91 Å². The van der Waals surface area contributed by atoms with E-state index in [4.69, 9.17) is 0 Å². The van der Waals surface area contributed by atoms with Crippen molar-refractivity contribution in [3.8, 4) is 0 Å². The quantitative estimate of drug-likeness (QED) is 0.850. The molecule has 1 amide bonds. The van der Waals surface area contributed by atoms with Gasteiger partial charge in [0.15, 0.2) is 0 Å². The highest BCUT2D eigenvalue weighted by Gasteiger charge is 2.36. The van der Waals surface area contributed by atoms with E-state index in [9.17, 15) is 18.0 Å². The van der Waals surface area contributed by atoms with Crippen LogP contribution in [0, 0.1) is 0 Å². The first-order chi connectivity index (χ1) is 7.93. The van der Waals surface area contributed by atoms with Crippen molar-refractivity contribution < 1.29 is 18.0 Å². The van der Waals surface area contributed by atoms with Gasteiger partial charge in [0.05, 0.1) is 11.1 Å². The minimum atomic E-state index is -4.49. The summed E-state index contributed by atoms with van der Waals surface area (Å²) >= 11 is 0. The molecule has 17 heavy (non-hydrogen) atoms. The molecule has 2 rings (SSSR count). The fourth-order valence-corrected chi connectivity index (χ4v) is 1.80. The van der Waals surface area contributed by atoms with E-state index in [1.807, 2.05) is 0 Å². The zero-order valence-electron chi connectivity index (χ0n) is 9.27. The fourth-order valence-electron chi connectivity index (χ4n) is 1.80. The molecule has 0 spiro atoms. The molecule has 0 heterocycles. The van der Waals surface area contributed by atoms with Crippen molar-refractivity contribution in [3.05, 3.63) is 34.9 Å². The van der Waals surface area contributed by atoms with Crippen molar-refractivity contribution in [2.24, 2.45) is 0 Å². The number of hydrogen-bond donors (Lipinski definition) is 1. The number of carbonyl (C=O) groups is 1. The number of nitrogens with one attached hydrogen (secondary N) is 1. The van der Waals surface area contributed by atoms with Crippen LogP contribution in [-0.2, 0) is 6.18 Å². The molecule has 1 aliphatic rings. The molecule has 1 saturated carbocycles. The summed E-state index contributed by atoms with van der Waals surface area (Å²) in [5.74, 6) is -0.477. The van der Waals surface area contributed by atoms with Gasteiger partial charge >= 0.3 is 6.18 Å². The van der Waals surface area contributed by atoms with E-state index in [0.717, 1.165) is 18.9 Å². The molecule has 1 fully saturated rings. The number of halogens is 3. The smallest absolute Gasteiger partial charge is 0.355 e. The molecule has 1 aliphatic carbocycles. The van der Waals surface area contributed by atoms with Crippen LogP contribution < -0.4 is 5.32 Å². The Balaban J connectivity index is 2.48. The van der Waals surface area contributed by atoms with Crippen LogP contribution >= 0.6 is 0 Å². The zero-order chi connectivity index (χ0) is 12.6. The third kappa shape index (κ3) is 2.43. The number of rotatable bonds is 2. The zero-order valence-corrected chi connectivity index (χ0v) is 9.27. The Morgan fingerprint density at radius 1 is 1.35 bits per heavy atom. The second-order valence-corrected chi connectivity index (χ2v) is 4.16.